The summed E-state index contributed by atoms with van der Waals surface area (Å²) in [5.41, 5.74) is 1.57. The molecule has 0 bridgehead atoms. The van der Waals surface area contributed by atoms with Gasteiger partial charge >= 0.3 is 5.97 Å². The molecule has 2 aromatic rings. The molecule has 0 spiro atoms. The molecule has 2 rings (SSSR count). The molecular formula is C18H20N2O5S. The number of aryl methyl sites for hydroxylation is 1. The Bertz CT molecular complexity index is 921. The van der Waals surface area contributed by atoms with Crippen LogP contribution in [0.4, 0.5) is 11.4 Å². The van der Waals surface area contributed by atoms with E-state index in [0.717, 1.165) is 0 Å². The van der Waals surface area contributed by atoms with Crippen LogP contribution >= 0.6 is 0 Å². The van der Waals surface area contributed by atoms with Crippen LogP contribution in [-0.2, 0) is 19.6 Å². The van der Waals surface area contributed by atoms with Crippen molar-refractivity contribution in [1.29, 1.82) is 0 Å². The van der Waals surface area contributed by atoms with Crippen molar-refractivity contribution >= 4 is 33.3 Å². The van der Waals surface area contributed by atoms with Gasteiger partial charge in [0.15, 0.2) is 0 Å². The molecule has 2 N–H and O–H groups in total. The molecule has 2 aromatic carbocycles. The number of nitrogens with one attached hydrogen (secondary N) is 2. The van der Waals surface area contributed by atoms with Crippen molar-refractivity contribution in [1.82, 2.24) is 0 Å². The van der Waals surface area contributed by atoms with Gasteiger partial charge in [-0.1, -0.05) is 6.07 Å². The first-order chi connectivity index (χ1) is 12.2. The minimum atomic E-state index is -3.86. The lowest BCUT2D eigenvalue weighted by atomic mass is 10.2. The largest absolute Gasteiger partial charge is 0.462 e. The van der Waals surface area contributed by atoms with Crippen molar-refractivity contribution in [3.63, 3.8) is 0 Å². The van der Waals surface area contributed by atoms with E-state index < -0.39 is 16.0 Å². The van der Waals surface area contributed by atoms with E-state index in [1.54, 1.807) is 26.0 Å². The number of anilines is 2. The van der Waals surface area contributed by atoms with Gasteiger partial charge in [0, 0.05) is 18.3 Å². The van der Waals surface area contributed by atoms with E-state index in [0.29, 0.717) is 22.5 Å². The number of sulfonamides is 1. The second kappa shape index (κ2) is 8.01. The summed E-state index contributed by atoms with van der Waals surface area (Å²) in [6.07, 6.45) is 0. The summed E-state index contributed by atoms with van der Waals surface area (Å²) in [7, 11) is -3.86. The van der Waals surface area contributed by atoms with Gasteiger partial charge in [0.2, 0.25) is 5.91 Å². The first-order valence-corrected chi connectivity index (χ1v) is 9.39. The standard InChI is InChI=1S/C18H20N2O5S/c1-4-25-18(22)14-6-9-15(10-7-14)20-26(23,24)17-11-16(19-13(3)21)8-5-12(17)2/h5-11,20H,4H2,1-3H3,(H,19,21). The fraction of sp³-hybridized carbons (Fsp3) is 0.222. The number of hydrogen-bond donors (Lipinski definition) is 2. The van der Waals surface area contributed by atoms with Gasteiger partial charge in [0.05, 0.1) is 17.1 Å². The van der Waals surface area contributed by atoms with Crippen molar-refractivity contribution in [3.05, 3.63) is 53.6 Å². The fourth-order valence-corrected chi connectivity index (χ4v) is 3.60. The van der Waals surface area contributed by atoms with E-state index >= 15 is 0 Å². The zero-order chi connectivity index (χ0) is 19.3. The lowest BCUT2D eigenvalue weighted by Crippen LogP contribution is -2.15. The first kappa shape index (κ1) is 19.5. The van der Waals surface area contributed by atoms with Gasteiger partial charge in [0.25, 0.3) is 10.0 Å². The maximum absolute atomic E-state index is 12.7. The number of amides is 1. The third kappa shape index (κ3) is 4.82. The molecule has 1 amide bonds. The Labute approximate surface area is 152 Å². The van der Waals surface area contributed by atoms with Crippen LogP contribution < -0.4 is 10.0 Å². The number of hydrogen-bond acceptors (Lipinski definition) is 5. The van der Waals surface area contributed by atoms with E-state index in [4.69, 9.17) is 4.74 Å². The molecule has 26 heavy (non-hydrogen) atoms. The highest BCUT2D eigenvalue weighted by atomic mass is 32.2. The van der Waals surface area contributed by atoms with Gasteiger partial charge < -0.3 is 10.1 Å². The normalized spacial score (nSPS) is 10.9. The monoisotopic (exact) mass is 376 g/mol. The van der Waals surface area contributed by atoms with Crippen LogP contribution in [0.1, 0.15) is 29.8 Å². The van der Waals surface area contributed by atoms with E-state index in [1.807, 2.05) is 0 Å². The zero-order valence-corrected chi connectivity index (χ0v) is 15.5. The summed E-state index contributed by atoms with van der Waals surface area (Å²) in [6.45, 7) is 4.97. The second-order valence-electron chi connectivity index (χ2n) is 5.56. The molecule has 0 aliphatic heterocycles. The van der Waals surface area contributed by atoms with Crippen LogP contribution in [-0.4, -0.2) is 26.9 Å². The van der Waals surface area contributed by atoms with Gasteiger partial charge in [-0.15, -0.1) is 0 Å². The Morgan fingerprint density at radius 3 is 2.23 bits per heavy atom. The lowest BCUT2D eigenvalue weighted by Gasteiger charge is -2.12. The van der Waals surface area contributed by atoms with Crippen LogP contribution in [0.5, 0.6) is 0 Å². The Balaban J connectivity index is 2.26. The minimum Gasteiger partial charge on any atom is -0.462 e. The van der Waals surface area contributed by atoms with Crippen molar-refractivity contribution in [2.45, 2.75) is 25.7 Å². The number of ether oxygens (including phenoxy) is 1. The van der Waals surface area contributed by atoms with Crippen molar-refractivity contribution in [3.8, 4) is 0 Å². The van der Waals surface area contributed by atoms with Gasteiger partial charge in [-0.3, -0.25) is 9.52 Å². The number of esters is 1. The van der Waals surface area contributed by atoms with Gasteiger partial charge in [-0.2, -0.15) is 0 Å². The molecule has 7 nitrogen and oxygen atoms in total. The predicted octanol–water partition coefficient (Wildman–Crippen LogP) is 2.93. The molecule has 0 unspecified atom stereocenters. The number of carbonyl (C=O) groups excluding carboxylic acids is 2. The summed E-state index contributed by atoms with van der Waals surface area (Å²) < 4.78 is 32.7. The molecule has 0 radical (unpaired) electrons. The van der Waals surface area contributed by atoms with Crippen molar-refractivity contribution in [2.24, 2.45) is 0 Å². The number of benzene rings is 2. The Kier molecular flexibility index (Phi) is 5.99. The maximum Gasteiger partial charge on any atom is 0.338 e. The van der Waals surface area contributed by atoms with Gasteiger partial charge in [0.1, 0.15) is 0 Å². The summed E-state index contributed by atoms with van der Waals surface area (Å²) >= 11 is 0. The van der Waals surface area contributed by atoms with E-state index in [2.05, 4.69) is 10.0 Å². The quantitative estimate of drug-likeness (QED) is 0.755. The summed E-state index contributed by atoms with van der Waals surface area (Å²) in [5, 5.41) is 2.56. The average Bonchev–Trinajstić information content (AvgIpc) is 2.56. The Morgan fingerprint density at radius 2 is 1.65 bits per heavy atom. The fourth-order valence-electron chi connectivity index (χ4n) is 2.27. The van der Waals surface area contributed by atoms with Crippen LogP contribution in [0, 0.1) is 6.92 Å². The van der Waals surface area contributed by atoms with E-state index in [-0.39, 0.29) is 17.4 Å². The summed E-state index contributed by atoms with van der Waals surface area (Å²) in [6, 6.07) is 10.6. The zero-order valence-electron chi connectivity index (χ0n) is 14.7. The van der Waals surface area contributed by atoms with Crippen molar-refractivity contribution < 1.29 is 22.7 Å². The van der Waals surface area contributed by atoms with Crippen LogP contribution in [0.25, 0.3) is 0 Å². The topological polar surface area (TPSA) is 102 Å². The molecule has 138 valence electrons. The van der Waals surface area contributed by atoms with E-state index in [1.165, 1.54) is 37.3 Å². The third-order valence-corrected chi connectivity index (χ3v) is 4.97. The Hall–Kier alpha value is -2.87. The summed E-state index contributed by atoms with van der Waals surface area (Å²) in [4.78, 5) is 22.9. The molecule has 0 atom stereocenters. The molecule has 0 aliphatic rings. The molecule has 0 saturated heterocycles. The molecule has 0 aromatic heterocycles. The SMILES string of the molecule is CCOC(=O)c1ccc(NS(=O)(=O)c2cc(NC(C)=O)ccc2C)cc1. The van der Waals surface area contributed by atoms with E-state index in [9.17, 15) is 18.0 Å². The minimum absolute atomic E-state index is 0.0539. The second-order valence-corrected chi connectivity index (χ2v) is 7.22. The Morgan fingerprint density at radius 1 is 1.04 bits per heavy atom. The van der Waals surface area contributed by atoms with Gasteiger partial charge in [-0.25, -0.2) is 13.2 Å². The maximum atomic E-state index is 12.7. The smallest absolute Gasteiger partial charge is 0.338 e. The van der Waals surface area contributed by atoms with Crippen LogP contribution in [0.15, 0.2) is 47.4 Å². The molecule has 8 heteroatoms. The summed E-state index contributed by atoms with van der Waals surface area (Å²) in [5.74, 6) is -0.763. The highest BCUT2D eigenvalue weighted by molar-refractivity contribution is 7.92. The molecule has 0 saturated carbocycles. The molecule has 0 fully saturated rings. The first-order valence-electron chi connectivity index (χ1n) is 7.91. The molecule has 0 aliphatic carbocycles. The molecular weight excluding hydrogens is 356 g/mol. The predicted molar refractivity (Wildman–Crippen MR) is 98.7 cm³/mol. The van der Waals surface area contributed by atoms with Gasteiger partial charge in [-0.05, 0) is 55.8 Å². The third-order valence-electron chi connectivity index (χ3n) is 3.45. The van der Waals surface area contributed by atoms with Crippen molar-refractivity contribution in [2.75, 3.05) is 16.6 Å². The highest BCUT2D eigenvalue weighted by Crippen LogP contribution is 2.23. The number of carbonyl (C=O) groups is 2. The molecule has 0 heterocycles. The van der Waals surface area contributed by atoms with Crippen LogP contribution in [0.2, 0.25) is 0 Å². The lowest BCUT2D eigenvalue weighted by molar-refractivity contribution is -0.114. The van der Waals surface area contributed by atoms with Crippen LogP contribution in [0.3, 0.4) is 0 Å². The highest BCUT2D eigenvalue weighted by Gasteiger charge is 2.18. The number of rotatable bonds is 6. The average molecular weight is 376 g/mol.